The number of nitrogens with zero attached hydrogens (tertiary/aromatic N) is 3. The van der Waals surface area contributed by atoms with Gasteiger partial charge in [0.25, 0.3) is 0 Å². The molecular formula is C23H20BrF3N6O3. The van der Waals surface area contributed by atoms with E-state index in [0.29, 0.717) is 34.5 Å². The minimum absolute atomic E-state index is 0.0650. The molecule has 3 N–H and O–H groups in total. The van der Waals surface area contributed by atoms with Crippen LogP contribution in [0.25, 0.3) is 0 Å². The number of hydrogen-bond donors (Lipinski definition) is 3. The van der Waals surface area contributed by atoms with E-state index in [0.717, 1.165) is 6.07 Å². The zero-order valence-corrected chi connectivity index (χ0v) is 20.4. The van der Waals surface area contributed by atoms with Crippen molar-refractivity contribution in [2.75, 3.05) is 5.32 Å². The number of carbonyl (C=O) groups excluding carboxylic acids is 2. The van der Waals surface area contributed by atoms with Crippen LogP contribution in [0.4, 0.5) is 29.3 Å². The van der Waals surface area contributed by atoms with Crippen molar-refractivity contribution in [3.05, 3.63) is 70.5 Å². The molecule has 1 fully saturated rings. The Labute approximate surface area is 212 Å². The summed E-state index contributed by atoms with van der Waals surface area (Å²) in [5, 5.41) is 8.00. The average Bonchev–Trinajstić information content (AvgIpc) is 3.61. The lowest BCUT2D eigenvalue weighted by Gasteiger charge is -2.17. The van der Waals surface area contributed by atoms with E-state index in [-0.39, 0.29) is 18.0 Å². The van der Waals surface area contributed by atoms with Gasteiger partial charge < -0.3 is 20.7 Å². The predicted octanol–water partition coefficient (Wildman–Crippen LogP) is 4.64. The van der Waals surface area contributed by atoms with Gasteiger partial charge in [0.2, 0.25) is 5.91 Å². The van der Waals surface area contributed by atoms with E-state index in [2.05, 4.69) is 46.8 Å². The number of aromatic nitrogens is 3. The van der Waals surface area contributed by atoms with E-state index in [4.69, 9.17) is 4.74 Å². The Bertz CT molecular complexity index is 1270. The molecule has 13 heteroatoms. The lowest BCUT2D eigenvalue weighted by molar-refractivity contribution is -0.137. The van der Waals surface area contributed by atoms with Crippen LogP contribution in [-0.2, 0) is 17.5 Å². The van der Waals surface area contributed by atoms with Crippen molar-refractivity contribution in [2.24, 2.45) is 0 Å². The molecule has 0 aliphatic heterocycles. The fourth-order valence-electron chi connectivity index (χ4n) is 3.25. The van der Waals surface area contributed by atoms with Crippen molar-refractivity contribution in [3.63, 3.8) is 0 Å². The molecule has 0 saturated heterocycles. The number of alkyl halides is 3. The van der Waals surface area contributed by atoms with Gasteiger partial charge in [-0.1, -0.05) is 15.9 Å². The lowest BCUT2D eigenvalue weighted by atomic mass is 10.1. The van der Waals surface area contributed by atoms with Gasteiger partial charge in [0.1, 0.15) is 11.4 Å². The maximum atomic E-state index is 13.3. The third kappa shape index (κ3) is 6.27. The summed E-state index contributed by atoms with van der Waals surface area (Å²) in [6.07, 6.45) is -0.354. The third-order valence-electron chi connectivity index (χ3n) is 5.31. The number of rotatable bonds is 7. The van der Waals surface area contributed by atoms with Crippen LogP contribution in [0, 0.1) is 6.92 Å². The lowest BCUT2D eigenvalue weighted by Crippen LogP contribution is -2.49. The van der Waals surface area contributed by atoms with Gasteiger partial charge in [-0.25, -0.2) is 14.8 Å². The van der Waals surface area contributed by atoms with Gasteiger partial charge in [-0.15, -0.1) is 0 Å². The fourth-order valence-corrected chi connectivity index (χ4v) is 3.61. The summed E-state index contributed by atoms with van der Waals surface area (Å²) >= 11 is 3.05. The first-order valence-electron chi connectivity index (χ1n) is 10.7. The largest absolute Gasteiger partial charge is 0.418 e. The van der Waals surface area contributed by atoms with Crippen LogP contribution in [0.5, 0.6) is 5.75 Å². The number of hydrogen-bond acceptors (Lipinski definition) is 7. The van der Waals surface area contributed by atoms with E-state index < -0.39 is 29.3 Å². The Morgan fingerprint density at radius 2 is 1.81 bits per heavy atom. The van der Waals surface area contributed by atoms with E-state index in [1.807, 2.05) is 0 Å². The van der Waals surface area contributed by atoms with Gasteiger partial charge >= 0.3 is 12.3 Å². The van der Waals surface area contributed by atoms with Gasteiger partial charge in [0.05, 0.1) is 47.8 Å². The molecule has 3 aromatic rings. The Kier molecular flexibility index (Phi) is 7.11. The third-order valence-corrected chi connectivity index (χ3v) is 5.81. The second kappa shape index (κ2) is 10.1. The molecule has 0 unspecified atom stereocenters. The smallest absolute Gasteiger partial charge is 0.407 e. The quantitative estimate of drug-likeness (QED) is 0.382. The normalized spacial score (nSPS) is 14.0. The number of carbonyl (C=O) groups is 2. The Morgan fingerprint density at radius 3 is 2.42 bits per heavy atom. The standard InChI is InChI=1S/C23H20BrF3N6O3/c1-13-28-11-17(12-29-13)36-21(35)33-22(6-7-22)20(34)31-9-15-3-4-16(10-30-15)32-19-5-2-14(24)8-18(19)23(25,26)27/h2-5,8,10-12,32H,6-7,9H2,1H3,(H,31,34)(H,33,35). The molecule has 1 aliphatic rings. The molecule has 0 spiro atoms. The molecule has 0 atom stereocenters. The number of pyridine rings is 1. The molecule has 2 aromatic heterocycles. The van der Waals surface area contributed by atoms with Gasteiger partial charge in [-0.05, 0) is 50.1 Å². The summed E-state index contributed by atoms with van der Waals surface area (Å²) in [5.41, 5.74) is -1.17. The topological polar surface area (TPSA) is 118 Å². The van der Waals surface area contributed by atoms with Crippen LogP contribution >= 0.6 is 15.9 Å². The van der Waals surface area contributed by atoms with Crippen molar-refractivity contribution in [1.29, 1.82) is 0 Å². The first kappa shape index (κ1) is 25.4. The number of anilines is 2. The van der Waals surface area contributed by atoms with Crippen LogP contribution in [0.15, 0.2) is 53.4 Å². The number of amides is 2. The molecule has 0 bridgehead atoms. The maximum absolute atomic E-state index is 13.3. The summed E-state index contributed by atoms with van der Waals surface area (Å²) in [6.45, 7) is 1.76. The van der Waals surface area contributed by atoms with Crippen LogP contribution in [0.1, 0.15) is 29.9 Å². The van der Waals surface area contributed by atoms with Crippen molar-refractivity contribution >= 4 is 39.3 Å². The van der Waals surface area contributed by atoms with Crippen molar-refractivity contribution in [2.45, 2.75) is 38.0 Å². The van der Waals surface area contributed by atoms with E-state index in [1.165, 1.54) is 30.7 Å². The van der Waals surface area contributed by atoms with Gasteiger partial charge in [0, 0.05) is 4.47 Å². The molecule has 188 valence electrons. The van der Waals surface area contributed by atoms with Crippen LogP contribution < -0.4 is 20.7 Å². The van der Waals surface area contributed by atoms with E-state index in [9.17, 15) is 22.8 Å². The number of aryl methyl sites for hydroxylation is 1. The van der Waals surface area contributed by atoms with Crippen LogP contribution in [0.2, 0.25) is 0 Å². The first-order chi connectivity index (χ1) is 17.0. The SMILES string of the molecule is Cc1ncc(OC(=O)NC2(C(=O)NCc3ccc(Nc4ccc(Br)cc4C(F)(F)F)cn3)CC2)cn1. The van der Waals surface area contributed by atoms with Crippen molar-refractivity contribution < 1.29 is 27.5 Å². The minimum atomic E-state index is -4.53. The molecule has 36 heavy (non-hydrogen) atoms. The molecule has 0 radical (unpaired) electrons. The maximum Gasteiger partial charge on any atom is 0.418 e. The number of nitrogens with one attached hydrogen (secondary N) is 3. The molecular weight excluding hydrogens is 545 g/mol. The number of halogens is 4. The highest BCUT2D eigenvalue weighted by Gasteiger charge is 2.51. The highest BCUT2D eigenvalue weighted by molar-refractivity contribution is 9.10. The predicted molar refractivity (Wildman–Crippen MR) is 126 cm³/mol. The van der Waals surface area contributed by atoms with Gasteiger partial charge in [-0.2, -0.15) is 13.2 Å². The Balaban J connectivity index is 1.31. The van der Waals surface area contributed by atoms with Crippen LogP contribution in [-0.4, -0.2) is 32.5 Å². The number of ether oxygens (including phenoxy) is 1. The summed E-state index contributed by atoms with van der Waals surface area (Å²) in [6, 6.07) is 6.95. The summed E-state index contributed by atoms with van der Waals surface area (Å²) in [7, 11) is 0. The first-order valence-corrected chi connectivity index (χ1v) is 11.5. The average molecular weight is 565 g/mol. The summed E-state index contributed by atoms with van der Waals surface area (Å²) in [4.78, 5) is 36.9. The molecule has 2 amide bonds. The molecule has 2 heterocycles. The van der Waals surface area contributed by atoms with Gasteiger partial charge in [0.15, 0.2) is 5.75 Å². The zero-order chi connectivity index (χ0) is 25.9. The minimum Gasteiger partial charge on any atom is -0.407 e. The fraction of sp³-hybridized carbons (Fsp3) is 0.261. The number of benzene rings is 1. The van der Waals surface area contributed by atoms with Crippen molar-refractivity contribution in [3.8, 4) is 5.75 Å². The highest BCUT2D eigenvalue weighted by atomic mass is 79.9. The molecule has 4 rings (SSSR count). The second-order valence-electron chi connectivity index (χ2n) is 8.10. The van der Waals surface area contributed by atoms with E-state index >= 15 is 0 Å². The van der Waals surface area contributed by atoms with Crippen LogP contribution in [0.3, 0.4) is 0 Å². The molecule has 1 aliphatic carbocycles. The summed E-state index contributed by atoms with van der Waals surface area (Å²) < 4.78 is 45.4. The highest BCUT2D eigenvalue weighted by Crippen LogP contribution is 2.38. The van der Waals surface area contributed by atoms with E-state index in [1.54, 1.807) is 19.1 Å². The monoisotopic (exact) mass is 564 g/mol. The Morgan fingerprint density at radius 1 is 1.08 bits per heavy atom. The van der Waals surface area contributed by atoms with Crippen molar-refractivity contribution in [1.82, 2.24) is 25.6 Å². The summed E-state index contributed by atoms with van der Waals surface area (Å²) in [5.74, 6) is 0.281. The molecule has 1 saturated carbocycles. The molecule has 9 nitrogen and oxygen atoms in total. The molecule has 1 aromatic carbocycles. The zero-order valence-electron chi connectivity index (χ0n) is 18.8. The second-order valence-corrected chi connectivity index (χ2v) is 9.01. The Hall–Kier alpha value is -3.74. The van der Waals surface area contributed by atoms with Gasteiger partial charge in [-0.3, -0.25) is 9.78 Å².